The molecule has 0 radical (unpaired) electrons. The molecule has 1 unspecified atom stereocenters. The Balaban J connectivity index is 1.41. The van der Waals surface area contributed by atoms with Crippen LogP contribution in [0.25, 0.3) is 11.0 Å². The van der Waals surface area contributed by atoms with Crippen molar-refractivity contribution >= 4 is 16.9 Å². The molecule has 1 aliphatic heterocycles. The fourth-order valence-electron chi connectivity index (χ4n) is 4.07. The number of morpholine rings is 1. The molecule has 0 spiro atoms. The molecule has 0 aliphatic carbocycles. The first-order chi connectivity index (χ1) is 15.0. The minimum absolute atomic E-state index is 0.0932. The summed E-state index contributed by atoms with van der Waals surface area (Å²) in [5.74, 6) is 0.260. The van der Waals surface area contributed by atoms with Crippen molar-refractivity contribution in [3.05, 3.63) is 53.2 Å². The van der Waals surface area contributed by atoms with E-state index in [9.17, 15) is 4.79 Å². The number of carbonyl (C=O) groups excluding carboxylic acids is 1. The highest BCUT2D eigenvalue weighted by Crippen LogP contribution is 2.27. The quantitative estimate of drug-likeness (QED) is 0.627. The maximum absolute atomic E-state index is 12.6. The van der Waals surface area contributed by atoms with E-state index in [0.29, 0.717) is 25.6 Å². The highest BCUT2D eigenvalue weighted by Gasteiger charge is 2.23. The van der Waals surface area contributed by atoms with Crippen molar-refractivity contribution in [2.24, 2.45) is 7.05 Å². The minimum atomic E-state index is -0.175. The fraction of sp³-hybridized carbons (Fsp3) is 0.435. The van der Waals surface area contributed by atoms with E-state index in [1.165, 1.54) is 5.56 Å². The lowest BCUT2D eigenvalue weighted by Gasteiger charge is -2.34. The molecule has 4 rings (SSSR count). The summed E-state index contributed by atoms with van der Waals surface area (Å²) in [6.45, 7) is 7.47. The zero-order chi connectivity index (χ0) is 21.8. The van der Waals surface area contributed by atoms with E-state index in [1.807, 2.05) is 45.2 Å². The van der Waals surface area contributed by atoms with E-state index < -0.39 is 0 Å². The molecule has 1 fully saturated rings. The van der Waals surface area contributed by atoms with Gasteiger partial charge in [-0.1, -0.05) is 30.3 Å². The first-order valence-corrected chi connectivity index (χ1v) is 10.6. The minimum Gasteiger partial charge on any atom is -0.466 e. The molecule has 8 nitrogen and oxygen atoms in total. The number of hydrogen-bond acceptors (Lipinski definition) is 6. The van der Waals surface area contributed by atoms with E-state index in [4.69, 9.17) is 9.47 Å². The summed E-state index contributed by atoms with van der Waals surface area (Å²) in [5.41, 5.74) is 3.89. The van der Waals surface area contributed by atoms with Gasteiger partial charge in [-0.05, 0) is 31.0 Å². The van der Waals surface area contributed by atoms with Crippen molar-refractivity contribution in [1.29, 1.82) is 0 Å². The predicted molar refractivity (Wildman–Crippen MR) is 118 cm³/mol. The Morgan fingerprint density at radius 2 is 1.97 bits per heavy atom. The van der Waals surface area contributed by atoms with Crippen LogP contribution in [0.3, 0.4) is 0 Å². The number of pyridine rings is 1. The number of rotatable bonds is 7. The van der Waals surface area contributed by atoms with Crippen LogP contribution in [0.15, 0.2) is 36.4 Å². The Morgan fingerprint density at radius 3 is 2.71 bits per heavy atom. The molecule has 164 valence electrons. The summed E-state index contributed by atoms with van der Waals surface area (Å²) >= 11 is 0. The molecular weight excluding hydrogens is 394 g/mol. The van der Waals surface area contributed by atoms with Gasteiger partial charge < -0.3 is 14.8 Å². The van der Waals surface area contributed by atoms with Crippen molar-refractivity contribution in [2.75, 3.05) is 39.5 Å². The van der Waals surface area contributed by atoms with Crippen LogP contribution in [-0.2, 0) is 16.6 Å². The number of benzene rings is 1. The zero-order valence-corrected chi connectivity index (χ0v) is 18.3. The molecule has 1 amide bonds. The van der Waals surface area contributed by atoms with Crippen LogP contribution >= 0.6 is 0 Å². The standard InChI is InChI=1S/C23H29N5O3/c1-16-13-17(2)25-22-21(16)23(26-27(22)3)31-15-20(29)24-14-19(18-7-5-4-6-8-18)28-9-11-30-12-10-28/h4-8,13,19H,9-12,14-15H2,1-3H3,(H,24,29). The second-order valence-corrected chi connectivity index (χ2v) is 7.88. The van der Waals surface area contributed by atoms with Crippen LogP contribution in [0.2, 0.25) is 0 Å². The Hall–Kier alpha value is -2.97. The molecule has 0 saturated carbocycles. The van der Waals surface area contributed by atoms with Crippen molar-refractivity contribution < 1.29 is 14.3 Å². The summed E-state index contributed by atoms with van der Waals surface area (Å²) < 4.78 is 13.0. The van der Waals surface area contributed by atoms with Crippen molar-refractivity contribution in [2.45, 2.75) is 19.9 Å². The van der Waals surface area contributed by atoms with E-state index in [2.05, 4.69) is 32.4 Å². The average Bonchev–Trinajstić information content (AvgIpc) is 3.09. The van der Waals surface area contributed by atoms with Gasteiger partial charge in [-0.25, -0.2) is 9.67 Å². The molecule has 3 heterocycles. The first-order valence-electron chi connectivity index (χ1n) is 10.6. The molecular formula is C23H29N5O3. The second-order valence-electron chi connectivity index (χ2n) is 7.88. The second kappa shape index (κ2) is 9.45. The maximum atomic E-state index is 12.6. The van der Waals surface area contributed by atoms with Gasteiger partial charge in [0.2, 0.25) is 5.88 Å². The Bertz CT molecular complexity index is 1040. The number of nitrogens with zero attached hydrogens (tertiary/aromatic N) is 4. The van der Waals surface area contributed by atoms with Crippen LogP contribution in [0.4, 0.5) is 0 Å². The number of ether oxygens (including phenoxy) is 2. The van der Waals surface area contributed by atoms with Gasteiger partial charge in [0, 0.05) is 32.4 Å². The monoisotopic (exact) mass is 423 g/mol. The van der Waals surface area contributed by atoms with E-state index in [0.717, 1.165) is 35.4 Å². The van der Waals surface area contributed by atoms with Crippen LogP contribution in [-0.4, -0.2) is 65.0 Å². The third kappa shape index (κ3) is 4.86. The Morgan fingerprint density at radius 1 is 1.23 bits per heavy atom. The van der Waals surface area contributed by atoms with Crippen LogP contribution in [0.1, 0.15) is 22.9 Å². The lowest BCUT2D eigenvalue weighted by atomic mass is 10.0. The predicted octanol–water partition coefficient (Wildman–Crippen LogP) is 2.15. The maximum Gasteiger partial charge on any atom is 0.258 e. The number of nitrogens with one attached hydrogen (secondary N) is 1. The van der Waals surface area contributed by atoms with Gasteiger partial charge in [0.1, 0.15) is 0 Å². The molecule has 2 aromatic heterocycles. The van der Waals surface area contributed by atoms with Gasteiger partial charge in [-0.3, -0.25) is 9.69 Å². The van der Waals surface area contributed by atoms with E-state index in [-0.39, 0.29) is 18.6 Å². The van der Waals surface area contributed by atoms with E-state index in [1.54, 1.807) is 4.68 Å². The summed E-state index contributed by atoms with van der Waals surface area (Å²) in [5, 5.41) is 8.28. The number of carbonyl (C=O) groups is 1. The SMILES string of the molecule is Cc1cc(C)c2c(OCC(=O)NCC(c3ccccc3)N3CCOCC3)nn(C)c2n1. The Labute approximate surface area is 182 Å². The molecule has 1 N–H and O–H groups in total. The summed E-state index contributed by atoms with van der Waals surface area (Å²) in [6, 6.07) is 12.3. The molecule has 3 aromatic rings. The van der Waals surface area contributed by atoms with Gasteiger partial charge in [-0.2, -0.15) is 0 Å². The lowest BCUT2D eigenvalue weighted by Crippen LogP contribution is -2.44. The van der Waals surface area contributed by atoms with Crippen LogP contribution in [0, 0.1) is 13.8 Å². The summed E-state index contributed by atoms with van der Waals surface area (Å²) in [6.07, 6.45) is 0. The molecule has 1 atom stereocenters. The molecule has 8 heteroatoms. The van der Waals surface area contributed by atoms with Crippen molar-refractivity contribution in [1.82, 2.24) is 25.0 Å². The fourth-order valence-corrected chi connectivity index (χ4v) is 4.07. The van der Waals surface area contributed by atoms with Gasteiger partial charge in [0.05, 0.1) is 24.6 Å². The highest BCUT2D eigenvalue weighted by molar-refractivity contribution is 5.85. The molecule has 1 aliphatic rings. The normalized spacial score (nSPS) is 15.7. The van der Waals surface area contributed by atoms with Crippen molar-refractivity contribution in [3.63, 3.8) is 0 Å². The van der Waals surface area contributed by atoms with Gasteiger partial charge in [0.15, 0.2) is 12.3 Å². The number of amides is 1. The summed E-state index contributed by atoms with van der Waals surface area (Å²) in [7, 11) is 1.83. The highest BCUT2D eigenvalue weighted by atomic mass is 16.5. The van der Waals surface area contributed by atoms with Crippen molar-refractivity contribution in [3.8, 4) is 5.88 Å². The number of aryl methyl sites for hydroxylation is 3. The third-order valence-electron chi connectivity index (χ3n) is 5.59. The van der Waals surface area contributed by atoms with E-state index >= 15 is 0 Å². The number of hydrogen-bond donors (Lipinski definition) is 1. The summed E-state index contributed by atoms with van der Waals surface area (Å²) in [4.78, 5) is 19.5. The molecule has 1 saturated heterocycles. The third-order valence-corrected chi connectivity index (χ3v) is 5.59. The van der Waals surface area contributed by atoms with Gasteiger partial charge in [-0.15, -0.1) is 5.10 Å². The van der Waals surface area contributed by atoms with Gasteiger partial charge in [0.25, 0.3) is 5.91 Å². The first kappa shape index (κ1) is 21.3. The van der Waals surface area contributed by atoms with Gasteiger partial charge >= 0.3 is 0 Å². The zero-order valence-electron chi connectivity index (χ0n) is 18.3. The molecule has 1 aromatic carbocycles. The number of aromatic nitrogens is 3. The topological polar surface area (TPSA) is 81.5 Å². The lowest BCUT2D eigenvalue weighted by molar-refractivity contribution is -0.123. The molecule has 31 heavy (non-hydrogen) atoms. The van der Waals surface area contributed by atoms with Crippen LogP contribution < -0.4 is 10.1 Å². The average molecular weight is 424 g/mol. The smallest absolute Gasteiger partial charge is 0.258 e. The number of fused-ring (bicyclic) bond motifs is 1. The Kier molecular flexibility index (Phi) is 6.48. The molecule has 0 bridgehead atoms. The largest absolute Gasteiger partial charge is 0.466 e. The van der Waals surface area contributed by atoms with Crippen LogP contribution in [0.5, 0.6) is 5.88 Å².